The average molecular weight is 138 g/mol. The molecule has 0 saturated heterocycles. The van der Waals surface area contributed by atoms with Crippen molar-refractivity contribution < 1.29 is 4.74 Å². The molecule has 0 radical (unpaired) electrons. The van der Waals surface area contributed by atoms with Gasteiger partial charge in [0.2, 0.25) is 0 Å². The lowest BCUT2D eigenvalue weighted by Crippen LogP contribution is -1.91. The second kappa shape index (κ2) is 4.86. The van der Waals surface area contributed by atoms with Gasteiger partial charge in [-0.05, 0) is 13.0 Å². The summed E-state index contributed by atoms with van der Waals surface area (Å²) >= 11 is 0. The van der Waals surface area contributed by atoms with Gasteiger partial charge >= 0.3 is 0 Å². The Balaban J connectivity index is 3.28. The molecule has 0 bridgehead atoms. The highest BCUT2D eigenvalue weighted by Crippen LogP contribution is 1.99. The molecule has 0 atom stereocenters. The standard InChI is InChI=1S/C9H14O/c1-5-9(4)10-7-6-8(2)3/h5H,1-2,4,6-7H2,3H3. The number of allylic oxidation sites excluding steroid dienone is 1. The number of rotatable bonds is 5. The summed E-state index contributed by atoms with van der Waals surface area (Å²) in [6.45, 7) is 13.5. The van der Waals surface area contributed by atoms with Crippen LogP contribution in [0.1, 0.15) is 13.3 Å². The Kier molecular flexibility index (Phi) is 4.38. The fourth-order valence-corrected chi connectivity index (χ4v) is 0.415. The van der Waals surface area contributed by atoms with Crippen LogP contribution in [0.25, 0.3) is 0 Å². The fraction of sp³-hybridized carbons (Fsp3) is 0.333. The summed E-state index contributed by atoms with van der Waals surface area (Å²) in [6, 6.07) is 0. The van der Waals surface area contributed by atoms with Crippen molar-refractivity contribution in [3.63, 3.8) is 0 Å². The second-order valence-corrected chi connectivity index (χ2v) is 2.23. The van der Waals surface area contributed by atoms with Gasteiger partial charge in [-0.25, -0.2) is 0 Å². The summed E-state index contributed by atoms with van der Waals surface area (Å²) in [5.41, 5.74) is 1.12. The Morgan fingerprint density at radius 1 is 1.50 bits per heavy atom. The lowest BCUT2D eigenvalue weighted by atomic mass is 10.3. The minimum absolute atomic E-state index is 0.626. The van der Waals surface area contributed by atoms with E-state index in [0.29, 0.717) is 12.4 Å². The molecular formula is C9H14O. The Bertz CT molecular complexity index is 145. The van der Waals surface area contributed by atoms with E-state index < -0.39 is 0 Å². The van der Waals surface area contributed by atoms with Crippen molar-refractivity contribution in [1.82, 2.24) is 0 Å². The molecule has 0 aromatic heterocycles. The van der Waals surface area contributed by atoms with Crippen LogP contribution in [-0.2, 0) is 4.74 Å². The predicted octanol–water partition coefficient (Wildman–Crippen LogP) is 2.67. The van der Waals surface area contributed by atoms with Gasteiger partial charge in [0, 0.05) is 6.42 Å². The third-order valence-electron chi connectivity index (χ3n) is 1.04. The SMILES string of the molecule is C=CC(=C)OCCC(=C)C. The molecule has 0 spiro atoms. The van der Waals surface area contributed by atoms with E-state index in [9.17, 15) is 0 Å². The third kappa shape index (κ3) is 5.16. The van der Waals surface area contributed by atoms with Crippen LogP contribution in [0.4, 0.5) is 0 Å². The molecule has 1 nitrogen and oxygen atoms in total. The summed E-state index contributed by atoms with van der Waals surface area (Å²) in [5.74, 6) is 0.626. The molecule has 56 valence electrons. The van der Waals surface area contributed by atoms with Crippen LogP contribution in [0.2, 0.25) is 0 Å². The lowest BCUT2D eigenvalue weighted by molar-refractivity contribution is 0.230. The smallest absolute Gasteiger partial charge is 0.111 e. The van der Waals surface area contributed by atoms with E-state index in [1.54, 1.807) is 6.08 Å². The molecule has 0 N–H and O–H groups in total. The first-order valence-corrected chi connectivity index (χ1v) is 3.25. The third-order valence-corrected chi connectivity index (χ3v) is 1.04. The number of hydrogen-bond acceptors (Lipinski definition) is 1. The van der Waals surface area contributed by atoms with Crippen LogP contribution < -0.4 is 0 Å². The highest BCUT2D eigenvalue weighted by atomic mass is 16.5. The van der Waals surface area contributed by atoms with Crippen molar-refractivity contribution >= 4 is 0 Å². The van der Waals surface area contributed by atoms with E-state index in [1.165, 1.54) is 0 Å². The summed E-state index contributed by atoms with van der Waals surface area (Å²) in [4.78, 5) is 0. The quantitative estimate of drug-likeness (QED) is 0.322. The van der Waals surface area contributed by atoms with E-state index in [4.69, 9.17) is 4.74 Å². The Morgan fingerprint density at radius 3 is 2.50 bits per heavy atom. The van der Waals surface area contributed by atoms with Gasteiger partial charge in [-0.3, -0.25) is 0 Å². The van der Waals surface area contributed by atoms with E-state index in [-0.39, 0.29) is 0 Å². The zero-order chi connectivity index (χ0) is 7.98. The summed E-state index contributed by atoms with van der Waals surface area (Å²) in [7, 11) is 0. The summed E-state index contributed by atoms with van der Waals surface area (Å²) < 4.78 is 5.13. The van der Waals surface area contributed by atoms with E-state index in [2.05, 4.69) is 19.7 Å². The first-order chi connectivity index (χ1) is 4.66. The van der Waals surface area contributed by atoms with Crippen LogP contribution in [0, 0.1) is 0 Å². The molecule has 0 fully saturated rings. The molecule has 0 aromatic carbocycles. The zero-order valence-corrected chi connectivity index (χ0v) is 6.52. The molecule has 0 aliphatic rings. The summed E-state index contributed by atoms with van der Waals surface area (Å²) in [5, 5.41) is 0. The van der Waals surface area contributed by atoms with Gasteiger partial charge < -0.3 is 4.74 Å². The van der Waals surface area contributed by atoms with E-state index in [1.807, 2.05) is 6.92 Å². The Hall–Kier alpha value is -0.980. The van der Waals surface area contributed by atoms with E-state index in [0.717, 1.165) is 12.0 Å². The first-order valence-electron chi connectivity index (χ1n) is 3.25. The number of hydrogen-bond donors (Lipinski definition) is 0. The molecule has 0 rings (SSSR count). The highest BCUT2D eigenvalue weighted by molar-refractivity contribution is 5.02. The van der Waals surface area contributed by atoms with Gasteiger partial charge in [0.1, 0.15) is 5.76 Å². The molecule has 0 amide bonds. The maximum Gasteiger partial charge on any atom is 0.111 e. The van der Waals surface area contributed by atoms with Crippen LogP contribution >= 0.6 is 0 Å². The topological polar surface area (TPSA) is 9.23 Å². The maximum atomic E-state index is 5.13. The summed E-state index contributed by atoms with van der Waals surface area (Å²) in [6.07, 6.45) is 2.48. The molecule has 0 aliphatic heterocycles. The van der Waals surface area contributed by atoms with Gasteiger partial charge in [0.25, 0.3) is 0 Å². The molecule has 10 heavy (non-hydrogen) atoms. The zero-order valence-electron chi connectivity index (χ0n) is 6.52. The van der Waals surface area contributed by atoms with Crippen molar-refractivity contribution in [2.45, 2.75) is 13.3 Å². The fourth-order valence-electron chi connectivity index (χ4n) is 0.415. The van der Waals surface area contributed by atoms with Gasteiger partial charge in [0.05, 0.1) is 6.61 Å². The Labute approximate surface area is 62.7 Å². The van der Waals surface area contributed by atoms with E-state index >= 15 is 0 Å². The monoisotopic (exact) mass is 138 g/mol. The molecule has 0 aromatic rings. The first kappa shape index (κ1) is 9.02. The number of ether oxygens (including phenoxy) is 1. The van der Waals surface area contributed by atoms with Gasteiger partial charge in [-0.2, -0.15) is 0 Å². The van der Waals surface area contributed by atoms with Crippen molar-refractivity contribution in [3.8, 4) is 0 Å². The molecule has 0 unspecified atom stereocenters. The average Bonchev–Trinajstić information content (AvgIpc) is 1.87. The minimum Gasteiger partial charge on any atom is -0.494 e. The lowest BCUT2D eigenvalue weighted by Gasteiger charge is -2.03. The van der Waals surface area contributed by atoms with Crippen molar-refractivity contribution in [3.05, 3.63) is 37.1 Å². The Morgan fingerprint density at radius 2 is 2.10 bits per heavy atom. The van der Waals surface area contributed by atoms with Crippen LogP contribution in [0.5, 0.6) is 0 Å². The van der Waals surface area contributed by atoms with Crippen molar-refractivity contribution in [2.24, 2.45) is 0 Å². The molecule has 0 heterocycles. The predicted molar refractivity (Wildman–Crippen MR) is 44.7 cm³/mol. The molecule has 0 saturated carbocycles. The normalized spacial score (nSPS) is 8.50. The second-order valence-electron chi connectivity index (χ2n) is 2.23. The van der Waals surface area contributed by atoms with Gasteiger partial charge in [-0.1, -0.05) is 18.7 Å². The minimum atomic E-state index is 0.626. The van der Waals surface area contributed by atoms with Gasteiger partial charge in [0.15, 0.2) is 0 Å². The largest absolute Gasteiger partial charge is 0.494 e. The van der Waals surface area contributed by atoms with Crippen LogP contribution in [0.15, 0.2) is 37.1 Å². The molecule has 1 heteroatoms. The van der Waals surface area contributed by atoms with Gasteiger partial charge in [-0.15, -0.1) is 6.58 Å². The van der Waals surface area contributed by atoms with Crippen LogP contribution in [-0.4, -0.2) is 6.61 Å². The van der Waals surface area contributed by atoms with Crippen LogP contribution in [0.3, 0.4) is 0 Å². The molecular weight excluding hydrogens is 124 g/mol. The highest BCUT2D eigenvalue weighted by Gasteiger charge is 1.88. The molecule has 0 aliphatic carbocycles. The maximum absolute atomic E-state index is 5.13. The van der Waals surface area contributed by atoms with Crippen molar-refractivity contribution in [1.29, 1.82) is 0 Å². The van der Waals surface area contributed by atoms with Crippen molar-refractivity contribution in [2.75, 3.05) is 6.61 Å².